The summed E-state index contributed by atoms with van der Waals surface area (Å²) < 4.78 is 22.0. The third-order valence-electron chi connectivity index (χ3n) is 4.65. The maximum absolute atomic E-state index is 13.8. The first kappa shape index (κ1) is 23.0. The molecular weight excluding hydrogens is 487 g/mol. The zero-order valence-electron chi connectivity index (χ0n) is 17.2. The molecule has 1 heterocycles. The molecule has 0 spiro atoms. The molecule has 0 radical (unpaired) electrons. The third kappa shape index (κ3) is 5.71. The normalized spacial score (nSPS) is 11.5. The van der Waals surface area contributed by atoms with E-state index in [0.717, 1.165) is 21.4 Å². The van der Waals surface area contributed by atoms with E-state index in [0.29, 0.717) is 22.0 Å². The van der Waals surface area contributed by atoms with Gasteiger partial charge in [0.15, 0.2) is 0 Å². The highest BCUT2D eigenvalue weighted by Gasteiger charge is 2.12. The minimum atomic E-state index is -0.407. The lowest BCUT2D eigenvalue weighted by atomic mass is 10.1. The fourth-order valence-corrected chi connectivity index (χ4v) is 3.33. The molecule has 0 aliphatic heterocycles. The number of amides is 1. The van der Waals surface area contributed by atoms with Gasteiger partial charge in [0.05, 0.1) is 26.6 Å². The summed E-state index contributed by atoms with van der Waals surface area (Å²) in [5, 5.41) is 8.78. The monoisotopic (exact) mass is 506 g/mol. The lowest BCUT2D eigenvalue weighted by molar-refractivity contribution is -0.121. The Morgan fingerprint density at radius 1 is 1.26 bits per heavy atom. The fraction of sp³-hybridized carbons (Fsp3) is 0.227. The lowest BCUT2D eigenvalue weighted by Gasteiger charge is -2.09. The number of nitrogens with one attached hydrogen (secondary N) is 1. The second-order valence-corrected chi connectivity index (χ2v) is 8.09. The van der Waals surface area contributed by atoms with Crippen molar-refractivity contribution in [3.05, 3.63) is 80.3 Å². The largest absolute Gasteiger partial charge is 0.489 e. The number of ether oxygens (including phenoxy) is 1. The number of hydrogen-bond donors (Lipinski definition) is 1. The first-order chi connectivity index (χ1) is 14.8. The van der Waals surface area contributed by atoms with Gasteiger partial charge in [-0.05, 0) is 78.7 Å². The van der Waals surface area contributed by atoms with Gasteiger partial charge in [0.2, 0.25) is 0 Å². The van der Waals surface area contributed by atoms with E-state index in [1.807, 2.05) is 13.8 Å². The van der Waals surface area contributed by atoms with Gasteiger partial charge in [-0.3, -0.25) is 9.48 Å². The van der Waals surface area contributed by atoms with Crippen LogP contribution in [0.5, 0.6) is 5.75 Å². The molecule has 3 rings (SSSR count). The average Bonchev–Trinajstić information content (AvgIpc) is 2.98. The minimum absolute atomic E-state index is 0.0242. The summed E-state index contributed by atoms with van der Waals surface area (Å²) >= 11 is 9.46. The molecule has 0 saturated heterocycles. The SMILES string of the molecule is C/C(=N\NC(=O)Cn1nc(C)c(Br)c1C)c1ccc(OCc2c(F)cccc2Cl)cc1. The molecule has 0 aliphatic carbocycles. The van der Waals surface area contributed by atoms with Gasteiger partial charge in [0.25, 0.3) is 5.91 Å². The van der Waals surface area contributed by atoms with Crippen molar-refractivity contribution in [3.63, 3.8) is 0 Å². The second-order valence-electron chi connectivity index (χ2n) is 6.89. The fourth-order valence-electron chi connectivity index (χ4n) is 2.83. The van der Waals surface area contributed by atoms with Gasteiger partial charge in [0.1, 0.15) is 24.7 Å². The predicted molar refractivity (Wildman–Crippen MR) is 122 cm³/mol. The van der Waals surface area contributed by atoms with Gasteiger partial charge in [-0.2, -0.15) is 10.2 Å². The van der Waals surface area contributed by atoms with Crippen LogP contribution in [0.1, 0.15) is 29.4 Å². The highest BCUT2D eigenvalue weighted by molar-refractivity contribution is 9.10. The van der Waals surface area contributed by atoms with Crippen LogP contribution in [-0.4, -0.2) is 21.4 Å². The first-order valence-corrected chi connectivity index (χ1v) is 10.6. The Hall–Kier alpha value is -2.71. The van der Waals surface area contributed by atoms with Crippen LogP contribution in [0.4, 0.5) is 4.39 Å². The summed E-state index contributed by atoms with van der Waals surface area (Å²) in [5.74, 6) is -0.121. The first-order valence-electron chi connectivity index (χ1n) is 9.45. The predicted octanol–water partition coefficient (Wildman–Crippen LogP) is 5.17. The Balaban J connectivity index is 1.57. The van der Waals surface area contributed by atoms with Crippen LogP contribution in [-0.2, 0) is 17.9 Å². The molecule has 9 heteroatoms. The molecule has 0 aliphatic rings. The van der Waals surface area contributed by atoms with E-state index < -0.39 is 5.82 Å². The van der Waals surface area contributed by atoms with Crippen LogP contribution in [0.3, 0.4) is 0 Å². The van der Waals surface area contributed by atoms with E-state index in [-0.39, 0.29) is 19.1 Å². The molecular formula is C22H21BrClFN4O2. The summed E-state index contributed by atoms with van der Waals surface area (Å²) in [6.07, 6.45) is 0. The van der Waals surface area contributed by atoms with Crippen molar-refractivity contribution in [1.82, 2.24) is 15.2 Å². The molecule has 0 atom stereocenters. The van der Waals surface area contributed by atoms with Gasteiger partial charge in [-0.25, -0.2) is 9.82 Å². The molecule has 6 nitrogen and oxygen atoms in total. The summed E-state index contributed by atoms with van der Waals surface area (Å²) in [7, 11) is 0. The molecule has 1 N–H and O–H groups in total. The average molecular weight is 508 g/mol. The van der Waals surface area contributed by atoms with Gasteiger partial charge < -0.3 is 4.74 Å². The van der Waals surface area contributed by atoms with E-state index in [9.17, 15) is 9.18 Å². The zero-order chi connectivity index (χ0) is 22.5. The number of carbonyl (C=O) groups is 1. The quantitative estimate of drug-likeness (QED) is 0.354. The van der Waals surface area contributed by atoms with E-state index in [4.69, 9.17) is 16.3 Å². The van der Waals surface area contributed by atoms with E-state index in [1.165, 1.54) is 6.07 Å². The Labute approximate surface area is 193 Å². The summed E-state index contributed by atoms with van der Waals surface area (Å²) in [4.78, 5) is 12.2. The number of nitrogens with zero attached hydrogens (tertiary/aromatic N) is 3. The van der Waals surface area contributed by atoms with Gasteiger partial charge >= 0.3 is 0 Å². The molecule has 1 amide bonds. The lowest BCUT2D eigenvalue weighted by Crippen LogP contribution is -2.25. The maximum Gasteiger partial charge on any atom is 0.261 e. The molecule has 0 unspecified atom stereocenters. The minimum Gasteiger partial charge on any atom is -0.489 e. The van der Waals surface area contributed by atoms with Gasteiger partial charge in [-0.1, -0.05) is 17.7 Å². The number of rotatable bonds is 7. The summed E-state index contributed by atoms with van der Waals surface area (Å²) in [5.41, 5.74) is 5.99. The van der Waals surface area contributed by atoms with Crippen molar-refractivity contribution >= 4 is 39.1 Å². The molecule has 0 fully saturated rings. The van der Waals surface area contributed by atoms with Crippen molar-refractivity contribution < 1.29 is 13.9 Å². The van der Waals surface area contributed by atoms with E-state index >= 15 is 0 Å². The standard InChI is InChI=1S/C22H21BrClFN4O2/c1-13(26-27-21(30)11-29-15(3)22(23)14(2)28-29)16-7-9-17(10-8-16)31-12-18-19(24)5-4-6-20(18)25/h4-10H,11-12H2,1-3H3,(H,27,30)/b26-13+. The summed E-state index contributed by atoms with van der Waals surface area (Å²) in [6, 6.07) is 11.6. The molecule has 0 bridgehead atoms. The Bertz CT molecular complexity index is 1110. The molecule has 162 valence electrons. The van der Waals surface area contributed by atoms with Crippen LogP contribution < -0.4 is 10.2 Å². The molecule has 1 aromatic heterocycles. The maximum atomic E-state index is 13.8. The summed E-state index contributed by atoms with van der Waals surface area (Å²) in [6.45, 7) is 5.63. The number of hydrogen-bond acceptors (Lipinski definition) is 4. The van der Waals surface area contributed by atoms with Crippen molar-refractivity contribution in [2.45, 2.75) is 33.9 Å². The Morgan fingerprint density at radius 2 is 1.97 bits per heavy atom. The topological polar surface area (TPSA) is 68.5 Å². The number of aromatic nitrogens is 2. The number of carbonyl (C=O) groups excluding carboxylic acids is 1. The number of hydrazone groups is 1. The van der Waals surface area contributed by atoms with E-state index in [2.05, 4.69) is 31.6 Å². The van der Waals surface area contributed by atoms with Crippen LogP contribution >= 0.6 is 27.5 Å². The highest BCUT2D eigenvalue weighted by atomic mass is 79.9. The van der Waals surface area contributed by atoms with Gasteiger partial charge in [-0.15, -0.1) is 0 Å². The molecule has 0 saturated carbocycles. The van der Waals surface area contributed by atoms with Crippen molar-refractivity contribution in [1.29, 1.82) is 0 Å². The molecule has 2 aromatic carbocycles. The van der Waals surface area contributed by atoms with E-state index in [1.54, 1.807) is 48.0 Å². The Kier molecular flexibility index (Phi) is 7.46. The highest BCUT2D eigenvalue weighted by Crippen LogP contribution is 2.22. The van der Waals surface area contributed by atoms with Crippen molar-refractivity contribution in [2.75, 3.05) is 0 Å². The Morgan fingerprint density at radius 3 is 2.58 bits per heavy atom. The van der Waals surface area contributed by atoms with Crippen LogP contribution in [0.15, 0.2) is 52.0 Å². The number of halogens is 3. The van der Waals surface area contributed by atoms with Crippen LogP contribution in [0.25, 0.3) is 0 Å². The number of aryl methyl sites for hydroxylation is 1. The molecule has 3 aromatic rings. The second kappa shape index (κ2) is 10.1. The zero-order valence-corrected chi connectivity index (χ0v) is 19.6. The van der Waals surface area contributed by atoms with Crippen molar-refractivity contribution in [3.8, 4) is 5.75 Å². The van der Waals surface area contributed by atoms with Crippen LogP contribution in [0.2, 0.25) is 5.02 Å². The van der Waals surface area contributed by atoms with Crippen molar-refractivity contribution in [2.24, 2.45) is 5.10 Å². The van der Waals surface area contributed by atoms with Crippen LogP contribution in [0, 0.1) is 19.7 Å². The third-order valence-corrected chi connectivity index (χ3v) is 6.15. The number of benzene rings is 2. The van der Waals surface area contributed by atoms with Gasteiger partial charge in [0, 0.05) is 5.56 Å². The molecule has 31 heavy (non-hydrogen) atoms. The smallest absolute Gasteiger partial charge is 0.261 e.